The lowest BCUT2D eigenvalue weighted by Crippen LogP contribution is -2.40. The summed E-state index contributed by atoms with van der Waals surface area (Å²) in [6.07, 6.45) is 0.969. The Labute approximate surface area is 89.4 Å². The number of rotatable bonds is 2. The number of carbonyl (C=O) groups is 2. The molecule has 80 valence electrons. The van der Waals surface area contributed by atoms with Gasteiger partial charge in [0.1, 0.15) is 0 Å². The average molecular weight is 227 g/mol. The molecule has 1 saturated heterocycles. The second-order valence-corrected chi connectivity index (χ2v) is 3.93. The van der Waals surface area contributed by atoms with Crippen molar-refractivity contribution in [2.24, 2.45) is 5.92 Å². The van der Waals surface area contributed by atoms with E-state index in [1.165, 1.54) is 0 Å². The SMILES string of the molecule is O=C1CCC(C(=O)Nc2nnns2)CN1. The van der Waals surface area contributed by atoms with Gasteiger partial charge in [0.15, 0.2) is 0 Å². The molecule has 2 N–H and O–H groups in total. The van der Waals surface area contributed by atoms with Crippen LogP contribution in [-0.2, 0) is 9.59 Å². The number of hydrogen-bond acceptors (Lipinski definition) is 6. The summed E-state index contributed by atoms with van der Waals surface area (Å²) in [7, 11) is 0. The number of carbonyl (C=O) groups excluding carboxylic acids is 2. The van der Waals surface area contributed by atoms with Crippen LogP contribution in [0.2, 0.25) is 0 Å². The molecule has 2 rings (SSSR count). The summed E-state index contributed by atoms with van der Waals surface area (Å²) in [6, 6.07) is 0. The maximum absolute atomic E-state index is 11.6. The highest BCUT2D eigenvalue weighted by Crippen LogP contribution is 2.14. The van der Waals surface area contributed by atoms with Crippen LogP contribution in [0.15, 0.2) is 0 Å². The first-order valence-electron chi connectivity index (χ1n) is 4.48. The second kappa shape index (κ2) is 4.30. The fraction of sp³-hybridized carbons (Fsp3) is 0.571. The largest absolute Gasteiger partial charge is 0.355 e. The number of aromatic nitrogens is 3. The van der Waals surface area contributed by atoms with E-state index >= 15 is 0 Å². The maximum Gasteiger partial charge on any atom is 0.231 e. The van der Waals surface area contributed by atoms with Crippen LogP contribution in [0.25, 0.3) is 0 Å². The Morgan fingerprint density at radius 1 is 1.60 bits per heavy atom. The summed E-state index contributed by atoms with van der Waals surface area (Å²) in [4.78, 5) is 22.5. The van der Waals surface area contributed by atoms with Crippen LogP contribution in [0.1, 0.15) is 12.8 Å². The maximum atomic E-state index is 11.6. The molecule has 1 aliphatic rings. The number of anilines is 1. The van der Waals surface area contributed by atoms with Gasteiger partial charge in [-0.3, -0.25) is 14.9 Å². The summed E-state index contributed by atoms with van der Waals surface area (Å²) in [5.41, 5.74) is 0. The van der Waals surface area contributed by atoms with Crippen molar-refractivity contribution >= 4 is 28.5 Å². The van der Waals surface area contributed by atoms with Crippen LogP contribution in [0.4, 0.5) is 5.13 Å². The molecule has 1 unspecified atom stereocenters. The zero-order valence-electron chi connectivity index (χ0n) is 7.77. The van der Waals surface area contributed by atoms with Crippen LogP contribution in [0.5, 0.6) is 0 Å². The van der Waals surface area contributed by atoms with E-state index in [1.807, 2.05) is 0 Å². The first-order valence-corrected chi connectivity index (χ1v) is 5.25. The molecule has 2 heterocycles. The minimum Gasteiger partial charge on any atom is -0.355 e. The van der Waals surface area contributed by atoms with Crippen molar-refractivity contribution < 1.29 is 9.59 Å². The number of hydrogen-bond donors (Lipinski definition) is 2. The third kappa shape index (κ3) is 2.46. The van der Waals surface area contributed by atoms with E-state index in [9.17, 15) is 9.59 Å². The van der Waals surface area contributed by atoms with Crippen molar-refractivity contribution in [1.82, 2.24) is 20.1 Å². The molecule has 15 heavy (non-hydrogen) atoms. The van der Waals surface area contributed by atoms with Crippen LogP contribution < -0.4 is 10.6 Å². The van der Waals surface area contributed by atoms with E-state index in [-0.39, 0.29) is 17.7 Å². The van der Waals surface area contributed by atoms with Gasteiger partial charge in [-0.1, -0.05) is 9.59 Å². The highest BCUT2D eigenvalue weighted by atomic mass is 32.1. The lowest BCUT2D eigenvalue weighted by Gasteiger charge is -2.20. The van der Waals surface area contributed by atoms with Crippen LogP contribution >= 0.6 is 11.5 Å². The monoisotopic (exact) mass is 227 g/mol. The number of nitrogens with zero attached hydrogens (tertiary/aromatic N) is 3. The molecule has 0 bridgehead atoms. The first-order chi connectivity index (χ1) is 7.25. The first kappa shape index (κ1) is 9.97. The van der Waals surface area contributed by atoms with E-state index < -0.39 is 0 Å². The number of amides is 2. The van der Waals surface area contributed by atoms with Crippen LogP contribution in [0, 0.1) is 5.92 Å². The summed E-state index contributed by atoms with van der Waals surface area (Å²) in [5.74, 6) is -0.336. The van der Waals surface area contributed by atoms with Gasteiger partial charge in [-0.25, -0.2) is 0 Å². The Bertz CT molecular complexity index is 355. The molecule has 2 amide bonds. The molecule has 1 aromatic heterocycles. The van der Waals surface area contributed by atoms with Gasteiger partial charge in [-0.15, -0.1) is 0 Å². The summed E-state index contributed by atoms with van der Waals surface area (Å²) < 4.78 is 3.53. The van der Waals surface area contributed by atoms with Crippen molar-refractivity contribution in [2.45, 2.75) is 12.8 Å². The molecule has 1 aliphatic heterocycles. The lowest BCUT2D eigenvalue weighted by atomic mass is 9.98. The summed E-state index contributed by atoms with van der Waals surface area (Å²) in [6.45, 7) is 0.386. The van der Waals surface area contributed by atoms with Crippen molar-refractivity contribution in [3.8, 4) is 0 Å². The average Bonchev–Trinajstić information content (AvgIpc) is 2.71. The molecular weight excluding hydrogens is 218 g/mol. The summed E-state index contributed by atoms with van der Waals surface area (Å²) in [5, 5.41) is 12.6. The van der Waals surface area contributed by atoms with Gasteiger partial charge >= 0.3 is 0 Å². The molecule has 0 aromatic carbocycles. The Morgan fingerprint density at radius 2 is 2.47 bits per heavy atom. The Hall–Kier alpha value is -1.57. The van der Waals surface area contributed by atoms with Crippen LogP contribution in [-0.4, -0.2) is 33.2 Å². The van der Waals surface area contributed by atoms with Gasteiger partial charge in [-0.05, 0) is 11.6 Å². The van der Waals surface area contributed by atoms with Gasteiger partial charge < -0.3 is 5.32 Å². The molecule has 1 aromatic rings. The highest BCUT2D eigenvalue weighted by molar-refractivity contribution is 7.09. The second-order valence-electron chi connectivity index (χ2n) is 3.20. The molecule has 0 saturated carbocycles. The minimum atomic E-state index is -0.188. The molecular formula is C7H9N5O2S. The van der Waals surface area contributed by atoms with E-state index in [4.69, 9.17) is 0 Å². The van der Waals surface area contributed by atoms with Crippen molar-refractivity contribution in [3.63, 3.8) is 0 Å². The van der Waals surface area contributed by atoms with Crippen LogP contribution in [0.3, 0.4) is 0 Å². The quantitative estimate of drug-likeness (QED) is 0.703. The Morgan fingerprint density at radius 3 is 3.07 bits per heavy atom. The van der Waals surface area contributed by atoms with E-state index in [0.29, 0.717) is 24.5 Å². The zero-order valence-corrected chi connectivity index (χ0v) is 8.58. The molecule has 0 aliphatic carbocycles. The normalized spacial score (nSPS) is 20.8. The van der Waals surface area contributed by atoms with E-state index in [1.54, 1.807) is 0 Å². The third-order valence-corrected chi connectivity index (χ3v) is 2.68. The lowest BCUT2D eigenvalue weighted by molar-refractivity contribution is -0.126. The van der Waals surface area contributed by atoms with Gasteiger partial charge in [0.25, 0.3) is 0 Å². The molecule has 1 fully saturated rings. The predicted octanol–water partition coefficient (Wildman–Crippen LogP) is -0.602. The predicted molar refractivity (Wildman–Crippen MR) is 52.1 cm³/mol. The van der Waals surface area contributed by atoms with Gasteiger partial charge in [0.05, 0.1) is 5.92 Å². The Balaban J connectivity index is 1.89. The minimum absolute atomic E-state index is 0.00312. The Kier molecular flexibility index (Phi) is 2.86. The molecule has 1 atom stereocenters. The molecule has 0 radical (unpaired) electrons. The van der Waals surface area contributed by atoms with Crippen molar-refractivity contribution in [1.29, 1.82) is 0 Å². The summed E-state index contributed by atoms with van der Waals surface area (Å²) >= 11 is 1.02. The fourth-order valence-electron chi connectivity index (χ4n) is 1.35. The van der Waals surface area contributed by atoms with Gasteiger partial charge in [0.2, 0.25) is 16.9 Å². The highest BCUT2D eigenvalue weighted by Gasteiger charge is 2.24. The number of piperidine rings is 1. The molecule has 8 heteroatoms. The van der Waals surface area contributed by atoms with Gasteiger partial charge in [-0.2, -0.15) is 0 Å². The van der Waals surface area contributed by atoms with Gasteiger partial charge in [0, 0.05) is 24.5 Å². The van der Waals surface area contributed by atoms with Crippen molar-refractivity contribution in [3.05, 3.63) is 0 Å². The molecule has 7 nitrogen and oxygen atoms in total. The third-order valence-electron chi connectivity index (χ3n) is 2.17. The fourth-order valence-corrected chi connectivity index (χ4v) is 1.72. The number of nitrogens with one attached hydrogen (secondary N) is 2. The van der Waals surface area contributed by atoms with E-state index in [0.717, 1.165) is 11.5 Å². The molecule has 0 spiro atoms. The van der Waals surface area contributed by atoms with Crippen molar-refractivity contribution in [2.75, 3.05) is 11.9 Å². The van der Waals surface area contributed by atoms with E-state index in [2.05, 4.69) is 25.4 Å². The zero-order chi connectivity index (χ0) is 10.7. The topological polar surface area (TPSA) is 96.9 Å². The smallest absolute Gasteiger partial charge is 0.231 e. The standard InChI is InChI=1S/C7H9N5O2S/c13-5-2-1-4(3-8-5)6(14)9-7-10-11-12-15-7/h4H,1-3H2,(H,8,13)(H,9,10,12,14).